The molecule has 0 aromatic heterocycles. The summed E-state index contributed by atoms with van der Waals surface area (Å²) in [5, 5.41) is 0. The molecule has 1 aromatic rings. The van der Waals surface area contributed by atoms with Crippen molar-refractivity contribution in [3.05, 3.63) is 35.6 Å². The summed E-state index contributed by atoms with van der Waals surface area (Å²) >= 11 is 0. The van der Waals surface area contributed by atoms with Crippen LogP contribution in [0.3, 0.4) is 0 Å². The molecule has 1 aromatic carbocycles. The van der Waals surface area contributed by atoms with Gasteiger partial charge in [-0.1, -0.05) is 0 Å². The van der Waals surface area contributed by atoms with Gasteiger partial charge in [0.05, 0.1) is 0 Å². The second-order valence-corrected chi connectivity index (χ2v) is 4.32. The van der Waals surface area contributed by atoms with Crippen LogP contribution in [-0.4, -0.2) is 29.4 Å². The van der Waals surface area contributed by atoms with Crippen LogP contribution >= 0.6 is 0 Å². The number of nitrogens with zero attached hydrogens (tertiary/aromatic N) is 1. The van der Waals surface area contributed by atoms with Gasteiger partial charge >= 0.3 is 0 Å². The van der Waals surface area contributed by atoms with Crippen LogP contribution in [0.5, 0.6) is 0 Å². The van der Waals surface area contributed by atoms with E-state index in [1.807, 2.05) is 6.92 Å². The summed E-state index contributed by atoms with van der Waals surface area (Å²) in [4.78, 5) is 13.4. The standard InChI is InChI=1S/C11H13FN2O/c1-11(13)6-14(7-11)10(15)8-2-4-9(12)5-3-8/h2-5H,6-7,13H2,1H3. The Morgan fingerprint density at radius 2 is 1.93 bits per heavy atom. The molecule has 1 amide bonds. The predicted octanol–water partition coefficient (Wildman–Crippen LogP) is 0.999. The summed E-state index contributed by atoms with van der Waals surface area (Å²) in [7, 11) is 0. The van der Waals surface area contributed by atoms with E-state index in [9.17, 15) is 9.18 Å². The molecule has 3 nitrogen and oxygen atoms in total. The van der Waals surface area contributed by atoms with Gasteiger partial charge in [0.15, 0.2) is 0 Å². The predicted molar refractivity (Wildman–Crippen MR) is 54.9 cm³/mol. The number of likely N-dealkylation sites (tertiary alicyclic amines) is 1. The quantitative estimate of drug-likeness (QED) is 0.748. The van der Waals surface area contributed by atoms with E-state index in [0.717, 1.165) is 0 Å². The number of hydrogen-bond donors (Lipinski definition) is 1. The molecule has 80 valence electrons. The normalized spacial score (nSPS) is 18.5. The van der Waals surface area contributed by atoms with Crippen molar-refractivity contribution in [3.8, 4) is 0 Å². The first-order chi connectivity index (χ1) is 6.98. The first-order valence-electron chi connectivity index (χ1n) is 4.82. The fourth-order valence-electron chi connectivity index (χ4n) is 1.74. The van der Waals surface area contributed by atoms with Gasteiger partial charge in [0.25, 0.3) is 5.91 Å². The van der Waals surface area contributed by atoms with Crippen LogP contribution in [0, 0.1) is 5.82 Å². The van der Waals surface area contributed by atoms with Gasteiger partial charge < -0.3 is 10.6 Å². The van der Waals surface area contributed by atoms with Crippen molar-refractivity contribution in [2.24, 2.45) is 5.73 Å². The highest BCUT2D eigenvalue weighted by Gasteiger charge is 2.37. The molecular formula is C11H13FN2O. The van der Waals surface area contributed by atoms with E-state index in [-0.39, 0.29) is 17.3 Å². The lowest BCUT2D eigenvalue weighted by Gasteiger charge is -2.45. The minimum atomic E-state index is -0.334. The fourth-order valence-corrected chi connectivity index (χ4v) is 1.74. The van der Waals surface area contributed by atoms with Gasteiger partial charge in [0, 0.05) is 24.2 Å². The molecule has 0 unspecified atom stereocenters. The van der Waals surface area contributed by atoms with Gasteiger partial charge in [0.1, 0.15) is 5.82 Å². The minimum absolute atomic E-state index is 0.0853. The van der Waals surface area contributed by atoms with Gasteiger partial charge in [-0.15, -0.1) is 0 Å². The SMILES string of the molecule is CC1(N)CN(C(=O)c2ccc(F)cc2)C1. The van der Waals surface area contributed by atoms with Gasteiger partial charge in [0.2, 0.25) is 0 Å². The first kappa shape index (κ1) is 10.1. The Bertz CT molecular complexity index is 378. The van der Waals surface area contributed by atoms with Crippen molar-refractivity contribution >= 4 is 5.91 Å². The van der Waals surface area contributed by atoms with Crippen molar-refractivity contribution in [2.75, 3.05) is 13.1 Å². The smallest absolute Gasteiger partial charge is 0.253 e. The van der Waals surface area contributed by atoms with Crippen LogP contribution < -0.4 is 5.73 Å². The molecule has 4 heteroatoms. The number of hydrogen-bond acceptors (Lipinski definition) is 2. The molecule has 0 saturated carbocycles. The molecule has 1 saturated heterocycles. The number of rotatable bonds is 1. The summed E-state index contributed by atoms with van der Waals surface area (Å²) in [5.74, 6) is -0.420. The van der Waals surface area contributed by atoms with Crippen LogP contribution in [0.2, 0.25) is 0 Å². The number of nitrogens with two attached hydrogens (primary N) is 1. The zero-order valence-electron chi connectivity index (χ0n) is 8.53. The van der Waals surface area contributed by atoms with Gasteiger partial charge in [-0.2, -0.15) is 0 Å². The van der Waals surface area contributed by atoms with Crippen molar-refractivity contribution < 1.29 is 9.18 Å². The average Bonchev–Trinajstić information content (AvgIpc) is 2.14. The van der Waals surface area contributed by atoms with E-state index in [4.69, 9.17) is 5.73 Å². The van der Waals surface area contributed by atoms with Crippen molar-refractivity contribution in [1.29, 1.82) is 0 Å². The Morgan fingerprint density at radius 3 is 2.40 bits per heavy atom. The molecule has 0 spiro atoms. The summed E-state index contributed by atoms with van der Waals surface area (Å²) in [6.07, 6.45) is 0. The summed E-state index contributed by atoms with van der Waals surface area (Å²) < 4.78 is 12.6. The van der Waals surface area contributed by atoms with Crippen molar-refractivity contribution in [2.45, 2.75) is 12.5 Å². The largest absolute Gasteiger partial charge is 0.335 e. The monoisotopic (exact) mass is 208 g/mol. The lowest BCUT2D eigenvalue weighted by Crippen LogP contribution is -2.66. The molecule has 2 rings (SSSR count). The number of carbonyl (C=O) groups excluding carboxylic acids is 1. The number of halogens is 1. The third-order valence-corrected chi connectivity index (χ3v) is 2.48. The first-order valence-corrected chi connectivity index (χ1v) is 4.82. The van der Waals surface area contributed by atoms with Crippen LogP contribution in [-0.2, 0) is 0 Å². The Labute approximate surface area is 87.7 Å². The average molecular weight is 208 g/mol. The third-order valence-electron chi connectivity index (χ3n) is 2.48. The topological polar surface area (TPSA) is 46.3 Å². The van der Waals surface area contributed by atoms with E-state index >= 15 is 0 Å². The Balaban J connectivity index is 2.07. The summed E-state index contributed by atoms with van der Waals surface area (Å²) in [6.45, 7) is 3.02. The van der Waals surface area contributed by atoms with Crippen LogP contribution in [0.25, 0.3) is 0 Å². The van der Waals surface area contributed by atoms with E-state index in [1.54, 1.807) is 4.90 Å². The molecular weight excluding hydrogens is 195 g/mol. The molecule has 1 aliphatic heterocycles. The van der Waals surface area contributed by atoms with E-state index < -0.39 is 0 Å². The van der Waals surface area contributed by atoms with Crippen LogP contribution in [0.15, 0.2) is 24.3 Å². The number of amides is 1. The molecule has 0 bridgehead atoms. The van der Waals surface area contributed by atoms with E-state index in [0.29, 0.717) is 18.7 Å². The van der Waals surface area contributed by atoms with Gasteiger partial charge in [-0.05, 0) is 31.2 Å². The van der Waals surface area contributed by atoms with E-state index in [1.165, 1.54) is 24.3 Å². The molecule has 1 heterocycles. The molecule has 0 atom stereocenters. The zero-order chi connectivity index (χ0) is 11.1. The molecule has 1 fully saturated rings. The molecule has 0 aliphatic carbocycles. The zero-order valence-corrected chi connectivity index (χ0v) is 8.53. The second-order valence-electron chi connectivity index (χ2n) is 4.32. The Kier molecular flexibility index (Phi) is 2.23. The Morgan fingerprint density at radius 1 is 1.40 bits per heavy atom. The highest BCUT2D eigenvalue weighted by atomic mass is 19.1. The molecule has 2 N–H and O–H groups in total. The highest BCUT2D eigenvalue weighted by molar-refractivity contribution is 5.94. The summed E-state index contributed by atoms with van der Waals surface area (Å²) in [6, 6.07) is 5.55. The molecule has 1 aliphatic rings. The fraction of sp³-hybridized carbons (Fsp3) is 0.364. The van der Waals surface area contributed by atoms with E-state index in [2.05, 4.69) is 0 Å². The van der Waals surface area contributed by atoms with Gasteiger partial charge in [-0.25, -0.2) is 4.39 Å². The van der Waals surface area contributed by atoms with Crippen molar-refractivity contribution in [1.82, 2.24) is 4.90 Å². The highest BCUT2D eigenvalue weighted by Crippen LogP contribution is 2.19. The molecule has 0 radical (unpaired) electrons. The number of carbonyl (C=O) groups is 1. The lowest BCUT2D eigenvalue weighted by molar-refractivity contribution is 0.0453. The van der Waals surface area contributed by atoms with Gasteiger partial charge in [-0.3, -0.25) is 4.79 Å². The second kappa shape index (κ2) is 3.31. The minimum Gasteiger partial charge on any atom is -0.335 e. The van der Waals surface area contributed by atoms with Crippen LogP contribution in [0.4, 0.5) is 4.39 Å². The maximum atomic E-state index is 12.6. The molecule has 15 heavy (non-hydrogen) atoms. The maximum absolute atomic E-state index is 12.6. The Hall–Kier alpha value is -1.42. The summed E-state index contributed by atoms with van der Waals surface area (Å²) in [5.41, 5.74) is 6.04. The lowest BCUT2D eigenvalue weighted by atomic mass is 9.93. The third kappa shape index (κ3) is 1.99. The maximum Gasteiger partial charge on any atom is 0.253 e. The number of benzene rings is 1. The van der Waals surface area contributed by atoms with Crippen molar-refractivity contribution in [3.63, 3.8) is 0 Å². The van der Waals surface area contributed by atoms with Crippen LogP contribution in [0.1, 0.15) is 17.3 Å².